The van der Waals surface area contributed by atoms with Crippen LogP contribution in [0.15, 0.2) is 47.4 Å². The van der Waals surface area contributed by atoms with Crippen LogP contribution in [0.2, 0.25) is 0 Å². The molecule has 0 aromatic heterocycles. The van der Waals surface area contributed by atoms with Crippen LogP contribution in [-0.2, 0) is 10.0 Å². The van der Waals surface area contributed by atoms with Crippen molar-refractivity contribution in [3.63, 3.8) is 0 Å². The molecule has 6 nitrogen and oxygen atoms in total. The minimum Gasteiger partial charge on any atom is -0.491 e. The van der Waals surface area contributed by atoms with Crippen LogP contribution >= 0.6 is 0 Å². The second kappa shape index (κ2) is 7.35. The van der Waals surface area contributed by atoms with E-state index in [-0.39, 0.29) is 21.9 Å². The molecule has 0 aliphatic carbocycles. The van der Waals surface area contributed by atoms with Crippen LogP contribution in [0.1, 0.15) is 29.3 Å². The number of ether oxygens (including phenoxy) is 1. The molecule has 0 saturated heterocycles. The van der Waals surface area contributed by atoms with Gasteiger partial charge in [0.2, 0.25) is 0 Å². The summed E-state index contributed by atoms with van der Waals surface area (Å²) in [7, 11) is -3.84. The van der Waals surface area contributed by atoms with Crippen LogP contribution in [-0.4, -0.2) is 26.1 Å². The Bertz CT molecular complexity index is 829. The Hall–Kier alpha value is -2.54. The summed E-state index contributed by atoms with van der Waals surface area (Å²) in [5, 5.41) is 9.10. The highest BCUT2D eigenvalue weighted by atomic mass is 32.2. The number of carbonyl (C=O) groups is 1. The highest BCUT2D eigenvalue weighted by Crippen LogP contribution is 2.28. The van der Waals surface area contributed by atoms with Crippen molar-refractivity contribution in [2.45, 2.75) is 25.2 Å². The summed E-state index contributed by atoms with van der Waals surface area (Å²) in [4.78, 5) is 11.2. The third-order valence-electron chi connectivity index (χ3n) is 3.26. The van der Waals surface area contributed by atoms with Crippen LogP contribution in [0.4, 0.5) is 5.69 Å². The lowest BCUT2D eigenvalue weighted by molar-refractivity contribution is 0.0697. The van der Waals surface area contributed by atoms with E-state index in [0.29, 0.717) is 6.61 Å². The molecule has 0 fully saturated rings. The molecule has 0 atom stereocenters. The molecule has 128 valence electrons. The highest BCUT2D eigenvalue weighted by molar-refractivity contribution is 7.92. The van der Waals surface area contributed by atoms with E-state index >= 15 is 0 Å². The monoisotopic (exact) mass is 349 g/mol. The number of carboxylic acid groups (broad SMARTS) is 1. The summed E-state index contributed by atoms with van der Waals surface area (Å²) in [6.45, 7) is 4.17. The first kappa shape index (κ1) is 17.8. The van der Waals surface area contributed by atoms with Crippen LogP contribution in [0.3, 0.4) is 0 Å². The van der Waals surface area contributed by atoms with E-state index in [1.54, 1.807) is 12.1 Å². The van der Waals surface area contributed by atoms with E-state index in [0.717, 1.165) is 12.0 Å². The quantitative estimate of drug-likeness (QED) is 0.800. The van der Waals surface area contributed by atoms with Gasteiger partial charge in [0.25, 0.3) is 10.0 Å². The summed E-state index contributed by atoms with van der Waals surface area (Å²) in [6, 6.07) is 10.4. The van der Waals surface area contributed by atoms with Gasteiger partial charge in [0, 0.05) is 0 Å². The Balaban J connectivity index is 2.39. The Morgan fingerprint density at radius 1 is 1.17 bits per heavy atom. The molecule has 0 aliphatic rings. The molecule has 0 bridgehead atoms. The molecule has 2 aromatic rings. The predicted molar refractivity (Wildman–Crippen MR) is 91.2 cm³/mol. The van der Waals surface area contributed by atoms with E-state index < -0.39 is 16.0 Å². The highest BCUT2D eigenvalue weighted by Gasteiger charge is 2.18. The SMILES string of the molecule is CCCOc1ccc(C(=O)O)cc1NS(=O)(=O)c1ccc(C)cc1. The number of hydrogen-bond donors (Lipinski definition) is 2. The van der Waals surface area contributed by atoms with Crippen molar-refractivity contribution in [3.05, 3.63) is 53.6 Å². The van der Waals surface area contributed by atoms with Gasteiger partial charge in [-0.05, 0) is 43.7 Å². The molecule has 2 aromatic carbocycles. The van der Waals surface area contributed by atoms with Crippen molar-refractivity contribution in [1.29, 1.82) is 0 Å². The molecule has 0 heterocycles. The number of aromatic carboxylic acids is 1. The summed E-state index contributed by atoms with van der Waals surface area (Å²) >= 11 is 0. The molecule has 0 amide bonds. The Labute approximate surface area is 141 Å². The first-order chi connectivity index (χ1) is 11.3. The lowest BCUT2D eigenvalue weighted by Crippen LogP contribution is -2.14. The molecule has 2 rings (SSSR count). The van der Waals surface area contributed by atoms with Crippen molar-refractivity contribution in [2.24, 2.45) is 0 Å². The number of sulfonamides is 1. The first-order valence-corrected chi connectivity index (χ1v) is 8.91. The number of carboxylic acids is 1. The molecule has 0 spiro atoms. The molecule has 0 radical (unpaired) electrons. The average molecular weight is 349 g/mol. The largest absolute Gasteiger partial charge is 0.491 e. The maximum Gasteiger partial charge on any atom is 0.335 e. The summed E-state index contributed by atoms with van der Waals surface area (Å²) in [6.07, 6.45) is 0.741. The first-order valence-electron chi connectivity index (χ1n) is 7.43. The van der Waals surface area contributed by atoms with Gasteiger partial charge >= 0.3 is 5.97 Å². The Morgan fingerprint density at radius 2 is 1.83 bits per heavy atom. The van der Waals surface area contributed by atoms with Gasteiger partial charge in [-0.3, -0.25) is 4.72 Å². The van der Waals surface area contributed by atoms with Crippen LogP contribution in [0, 0.1) is 6.92 Å². The molecule has 7 heteroatoms. The lowest BCUT2D eigenvalue weighted by Gasteiger charge is -2.14. The fourth-order valence-corrected chi connectivity index (χ4v) is 3.06. The second-order valence-corrected chi connectivity index (χ2v) is 6.97. The molecule has 24 heavy (non-hydrogen) atoms. The second-order valence-electron chi connectivity index (χ2n) is 5.28. The van der Waals surface area contributed by atoms with Gasteiger partial charge in [0.05, 0.1) is 22.8 Å². The van der Waals surface area contributed by atoms with Crippen molar-refractivity contribution in [1.82, 2.24) is 0 Å². The van der Waals surface area contributed by atoms with Crippen molar-refractivity contribution >= 4 is 21.7 Å². The fourth-order valence-electron chi connectivity index (χ4n) is 2.00. The Kier molecular flexibility index (Phi) is 5.46. The topological polar surface area (TPSA) is 92.7 Å². The maximum absolute atomic E-state index is 12.5. The van der Waals surface area contributed by atoms with Gasteiger partial charge in [-0.25, -0.2) is 13.2 Å². The summed E-state index contributed by atoms with van der Waals surface area (Å²) < 4.78 is 32.9. The van der Waals surface area contributed by atoms with Gasteiger partial charge in [-0.15, -0.1) is 0 Å². The van der Waals surface area contributed by atoms with Gasteiger partial charge < -0.3 is 9.84 Å². The molecule has 2 N–H and O–H groups in total. The van der Waals surface area contributed by atoms with Crippen molar-refractivity contribution in [3.8, 4) is 5.75 Å². The number of benzene rings is 2. The van der Waals surface area contributed by atoms with E-state index in [1.165, 1.54) is 30.3 Å². The van der Waals surface area contributed by atoms with Gasteiger partial charge in [0.1, 0.15) is 5.75 Å². The molecule has 0 aliphatic heterocycles. The number of anilines is 1. The number of aryl methyl sites for hydroxylation is 1. The van der Waals surface area contributed by atoms with Crippen LogP contribution in [0.5, 0.6) is 5.75 Å². The van der Waals surface area contributed by atoms with E-state index in [2.05, 4.69) is 4.72 Å². The lowest BCUT2D eigenvalue weighted by atomic mass is 10.2. The van der Waals surface area contributed by atoms with E-state index in [4.69, 9.17) is 9.84 Å². The third-order valence-corrected chi connectivity index (χ3v) is 4.65. The normalized spacial score (nSPS) is 11.1. The number of hydrogen-bond acceptors (Lipinski definition) is 4. The molecular formula is C17H19NO5S. The predicted octanol–water partition coefficient (Wildman–Crippen LogP) is 3.28. The smallest absolute Gasteiger partial charge is 0.335 e. The zero-order valence-electron chi connectivity index (χ0n) is 13.4. The Morgan fingerprint density at radius 3 is 2.42 bits per heavy atom. The molecule has 0 saturated carbocycles. The summed E-state index contributed by atoms with van der Waals surface area (Å²) in [5.41, 5.74) is 1.01. The standard InChI is InChI=1S/C17H19NO5S/c1-3-10-23-16-9-6-13(17(19)20)11-15(16)18-24(21,22)14-7-4-12(2)5-8-14/h4-9,11,18H,3,10H2,1-2H3,(H,19,20). The van der Waals surface area contributed by atoms with Gasteiger partial charge in [-0.2, -0.15) is 0 Å². The molecule has 0 unspecified atom stereocenters. The maximum atomic E-state index is 12.5. The fraction of sp³-hybridized carbons (Fsp3) is 0.235. The van der Waals surface area contributed by atoms with Crippen molar-refractivity contribution < 1.29 is 23.1 Å². The zero-order chi connectivity index (χ0) is 17.7. The third kappa shape index (κ3) is 4.26. The summed E-state index contributed by atoms with van der Waals surface area (Å²) in [5.74, 6) is -0.856. The van der Waals surface area contributed by atoms with E-state index in [9.17, 15) is 13.2 Å². The molecular weight excluding hydrogens is 330 g/mol. The number of rotatable bonds is 7. The average Bonchev–Trinajstić information content (AvgIpc) is 2.53. The zero-order valence-corrected chi connectivity index (χ0v) is 14.3. The van der Waals surface area contributed by atoms with Crippen LogP contribution in [0.25, 0.3) is 0 Å². The van der Waals surface area contributed by atoms with E-state index in [1.807, 2.05) is 13.8 Å². The number of nitrogens with one attached hydrogen (secondary N) is 1. The van der Waals surface area contributed by atoms with Crippen LogP contribution < -0.4 is 9.46 Å². The van der Waals surface area contributed by atoms with Gasteiger partial charge in [0.15, 0.2) is 0 Å². The minimum atomic E-state index is -3.84. The minimum absolute atomic E-state index is 0.0274. The van der Waals surface area contributed by atoms with Gasteiger partial charge in [-0.1, -0.05) is 24.6 Å². The van der Waals surface area contributed by atoms with Crippen molar-refractivity contribution in [2.75, 3.05) is 11.3 Å².